The second kappa shape index (κ2) is 4.21. The fraction of sp³-hybridized carbons (Fsp3) is 0.0625. The molecule has 20 heavy (non-hydrogen) atoms. The van der Waals surface area contributed by atoms with Crippen LogP contribution in [-0.2, 0) is 0 Å². The summed E-state index contributed by atoms with van der Waals surface area (Å²) in [5.74, 6) is 0.791. The zero-order valence-corrected chi connectivity index (χ0v) is 12.4. The minimum absolute atomic E-state index is 0.791. The Morgan fingerprint density at radius 1 is 1.15 bits per heavy atom. The summed E-state index contributed by atoms with van der Waals surface area (Å²) in [6.45, 7) is 2.06. The lowest BCUT2D eigenvalue weighted by Crippen LogP contribution is -1.81. The Morgan fingerprint density at radius 3 is 2.95 bits per heavy atom. The number of fused-ring (bicyclic) bond motifs is 2. The number of nitrogens with zero attached hydrogens (tertiary/aromatic N) is 2. The minimum atomic E-state index is 0.791. The number of furan rings is 1. The van der Waals surface area contributed by atoms with Crippen molar-refractivity contribution in [2.24, 2.45) is 0 Å². The van der Waals surface area contributed by atoms with Gasteiger partial charge in [0.05, 0.1) is 0 Å². The fourth-order valence-corrected chi connectivity index (χ4v) is 2.72. The molecule has 0 bridgehead atoms. The Morgan fingerprint density at radius 2 is 2.05 bits per heavy atom. The van der Waals surface area contributed by atoms with Gasteiger partial charge in [0.1, 0.15) is 16.9 Å². The van der Waals surface area contributed by atoms with Gasteiger partial charge in [0.2, 0.25) is 0 Å². The third-order valence-corrected chi connectivity index (χ3v) is 3.84. The van der Waals surface area contributed by atoms with Crippen molar-refractivity contribution in [2.75, 3.05) is 0 Å². The molecule has 0 aliphatic heterocycles. The van der Waals surface area contributed by atoms with Crippen molar-refractivity contribution in [3.63, 3.8) is 0 Å². The molecular weight excluding hydrogens is 316 g/mol. The van der Waals surface area contributed by atoms with E-state index < -0.39 is 0 Å². The van der Waals surface area contributed by atoms with Crippen LogP contribution in [0.25, 0.3) is 28.1 Å². The Hall–Kier alpha value is -2.07. The molecule has 0 atom stereocenters. The Bertz CT molecular complexity index is 858. The molecule has 98 valence electrons. The molecule has 3 heterocycles. The number of hydrogen-bond donors (Lipinski definition) is 0. The van der Waals surface area contributed by atoms with Gasteiger partial charge in [-0.3, -0.25) is 0 Å². The van der Waals surface area contributed by atoms with Crippen molar-refractivity contribution in [3.05, 3.63) is 58.8 Å². The first-order valence-corrected chi connectivity index (χ1v) is 7.13. The highest BCUT2D eigenvalue weighted by atomic mass is 79.9. The normalized spacial score (nSPS) is 11.5. The third-order valence-electron chi connectivity index (χ3n) is 3.35. The second-order valence-corrected chi connectivity index (χ2v) is 5.80. The number of hydrogen-bond acceptors (Lipinski definition) is 2. The average Bonchev–Trinajstić information content (AvgIpc) is 3.00. The molecule has 3 aromatic heterocycles. The summed E-state index contributed by atoms with van der Waals surface area (Å²) in [7, 11) is 0. The summed E-state index contributed by atoms with van der Waals surface area (Å²) in [6.07, 6.45) is 4.00. The van der Waals surface area contributed by atoms with Gasteiger partial charge in [0.25, 0.3) is 0 Å². The molecule has 4 rings (SSSR count). The van der Waals surface area contributed by atoms with E-state index in [1.807, 2.05) is 41.1 Å². The molecule has 1 aromatic carbocycles. The first-order valence-electron chi connectivity index (χ1n) is 6.34. The molecule has 0 radical (unpaired) electrons. The summed E-state index contributed by atoms with van der Waals surface area (Å²) in [5.41, 5.74) is 3.85. The van der Waals surface area contributed by atoms with Gasteiger partial charge in [-0.15, -0.1) is 0 Å². The van der Waals surface area contributed by atoms with Gasteiger partial charge in [-0.05, 0) is 48.9 Å². The summed E-state index contributed by atoms with van der Waals surface area (Å²) in [4.78, 5) is 4.62. The van der Waals surface area contributed by atoms with Crippen molar-refractivity contribution < 1.29 is 4.42 Å². The average molecular weight is 327 g/mol. The predicted molar refractivity (Wildman–Crippen MR) is 82.8 cm³/mol. The molecule has 0 aliphatic carbocycles. The van der Waals surface area contributed by atoms with Crippen LogP contribution in [0.3, 0.4) is 0 Å². The fourth-order valence-electron chi connectivity index (χ4n) is 2.34. The van der Waals surface area contributed by atoms with Crippen LogP contribution in [-0.4, -0.2) is 9.38 Å². The van der Waals surface area contributed by atoms with Gasteiger partial charge >= 0.3 is 0 Å². The van der Waals surface area contributed by atoms with Crippen LogP contribution in [0.5, 0.6) is 0 Å². The number of rotatable bonds is 1. The van der Waals surface area contributed by atoms with Crippen LogP contribution in [0.4, 0.5) is 0 Å². The summed E-state index contributed by atoms with van der Waals surface area (Å²) in [6, 6.07) is 12.1. The van der Waals surface area contributed by atoms with E-state index in [9.17, 15) is 0 Å². The summed E-state index contributed by atoms with van der Waals surface area (Å²) < 4.78 is 8.92. The predicted octanol–water partition coefficient (Wildman–Crippen LogP) is 4.82. The smallest absolute Gasteiger partial charge is 0.155 e. The molecular formula is C16H11BrN2O. The Labute approximate surface area is 124 Å². The van der Waals surface area contributed by atoms with Crippen LogP contribution in [0.2, 0.25) is 0 Å². The number of imidazole rings is 1. The van der Waals surface area contributed by atoms with Crippen LogP contribution in [0.15, 0.2) is 57.7 Å². The Balaban J connectivity index is 1.91. The van der Waals surface area contributed by atoms with Crippen LogP contribution in [0.1, 0.15) is 5.56 Å². The zero-order chi connectivity index (χ0) is 13.7. The first kappa shape index (κ1) is 11.7. The number of pyridine rings is 1. The van der Waals surface area contributed by atoms with E-state index >= 15 is 0 Å². The number of halogens is 1. The number of benzene rings is 1. The molecule has 0 N–H and O–H groups in total. The highest BCUT2D eigenvalue weighted by molar-refractivity contribution is 9.10. The molecule has 4 heteroatoms. The molecule has 4 aromatic rings. The topological polar surface area (TPSA) is 30.4 Å². The van der Waals surface area contributed by atoms with E-state index in [1.165, 1.54) is 5.56 Å². The van der Waals surface area contributed by atoms with Crippen LogP contribution < -0.4 is 0 Å². The van der Waals surface area contributed by atoms with Gasteiger partial charge in [-0.25, -0.2) is 4.98 Å². The largest absolute Gasteiger partial charge is 0.454 e. The van der Waals surface area contributed by atoms with E-state index in [0.29, 0.717) is 0 Å². The zero-order valence-electron chi connectivity index (χ0n) is 10.8. The molecule has 3 nitrogen and oxygen atoms in total. The van der Waals surface area contributed by atoms with Gasteiger partial charge in [-0.1, -0.05) is 15.9 Å². The molecule has 0 spiro atoms. The van der Waals surface area contributed by atoms with Crippen molar-refractivity contribution in [1.82, 2.24) is 9.38 Å². The quantitative estimate of drug-likeness (QED) is 0.502. The van der Waals surface area contributed by atoms with Crippen molar-refractivity contribution >= 4 is 32.5 Å². The third kappa shape index (κ3) is 1.84. The molecule has 0 unspecified atom stereocenters. The van der Waals surface area contributed by atoms with Crippen molar-refractivity contribution in [2.45, 2.75) is 6.92 Å². The van der Waals surface area contributed by atoms with E-state index in [1.54, 1.807) is 0 Å². The van der Waals surface area contributed by atoms with Crippen molar-refractivity contribution in [1.29, 1.82) is 0 Å². The summed E-state index contributed by atoms with van der Waals surface area (Å²) >= 11 is 3.47. The van der Waals surface area contributed by atoms with Gasteiger partial charge in [0, 0.05) is 22.3 Å². The van der Waals surface area contributed by atoms with Crippen molar-refractivity contribution in [3.8, 4) is 11.5 Å². The lowest BCUT2D eigenvalue weighted by Gasteiger charge is -1.92. The Kier molecular flexibility index (Phi) is 2.47. The van der Waals surface area contributed by atoms with Crippen LogP contribution in [0, 0.1) is 6.92 Å². The maximum Gasteiger partial charge on any atom is 0.155 e. The standard InChI is InChI=1S/C16H11BrN2O/c1-10-4-5-19-9-13(18-16(19)6-10)15-8-11-7-12(17)2-3-14(11)20-15/h2-9H,1H3. The highest BCUT2D eigenvalue weighted by Gasteiger charge is 2.10. The SMILES string of the molecule is Cc1ccn2cc(-c3cc4cc(Br)ccc4o3)nc2c1. The van der Waals surface area contributed by atoms with E-state index in [2.05, 4.69) is 40.0 Å². The molecule has 0 fully saturated rings. The molecule has 0 amide bonds. The number of aryl methyl sites for hydroxylation is 1. The summed E-state index contributed by atoms with van der Waals surface area (Å²) in [5, 5.41) is 1.07. The lowest BCUT2D eigenvalue weighted by atomic mass is 10.2. The first-order chi connectivity index (χ1) is 9.69. The maximum absolute atomic E-state index is 5.87. The van der Waals surface area contributed by atoms with Gasteiger partial charge in [-0.2, -0.15) is 0 Å². The molecule has 0 saturated heterocycles. The van der Waals surface area contributed by atoms with Gasteiger partial charge in [0.15, 0.2) is 5.76 Å². The lowest BCUT2D eigenvalue weighted by molar-refractivity contribution is 0.629. The van der Waals surface area contributed by atoms with Gasteiger partial charge < -0.3 is 8.82 Å². The molecule has 0 aliphatic rings. The van der Waals surface area contributed by atoms with E-state index in [-0.39, 0.29) is 0 Å². The number of aromatic nitrogens is 2. The van der Waals surface area contributed by atoms with E-state index in [4.69, 9.17) is 4.42 Å². The second-order valence-electron chi connectivity index (χ2n) is 4.89. The van der Waals surface area contributed by atoms with E-state index in [0.717, 1.165) is 32.5 Å². The monoisotopic (exact) mass is 326 g/mol. The maximum atomic E-state index is 5.87. The minimum Gasteiger partial charge on any atom is -0.454 e. The van der Waals surface area contributed by atoms with Crippen LogP contribution >= 0.6 is 15.9 Å². The molecule has 0 saturated carbocycles. The highest BCUT2D eigenvalue weighted by Crippen LogP contribution is 2.29.